The van der Waals surface area contributed by atoms with E-state index in [4.69, 9.17) is 4.74 Å². The fraction of sp³-hybridized carbons (Fsp3) is 0.714. The molecule has 0 saturated heterocycles. The van der Waals surface area contributed by atoms with Gasteiger partial charge in [-0.05, 0) is 57.0 Å². The van der Waals surface area contributed by atoms with Crippen molar-refractivity contribution in [1.82, 2.24) is 14.7 Å². The number of likely N-dealkylation sites (N-methyl/N-ethyl adjacent to an activating group) is 3. The first kappa shape index (κ1) is 23.4. The van der Waals surface area contributed by atoms with Crippen LogP contribution in [-0.4, -0.2) is 79.7 Å². The molecule has 1 aromatic carbocycles. The van der Waals surface area contributed by atoms with E-state index in [9.17, 15) is 0 Å². The fourth-order valence-corrected chi connectivity index (χ4v) is 3.50. The Balaban J connectivity index is 2.66. The van der Waals surface area contributed by atoms with Crippen LogP contribution in [0.2, 0.25) is 0 Å². The number of ether oxygens (including phenoxy) is 1. The summed E-state index contributed by atoms with van der Waals surface area (Å²) >= 11 is 3.48. The zero-order valence-electron chi connectivity index (χ0n) is 17.4. The van der Waals surface area contributed by atoms with E-state index >= 15 is 0 Å². The maximum atomic E-state index is 6.12. The van der Waals surface area contributed by atoms with Crippen LogP contribution in [-0.2, 0) is 0 Å². The molecule has 0 radical (unpaired) electrons. The highest BCUT2D eigenvalue weighted by molar-refractivity contribution is 9.10. The Morgan fingerprint density at radius 2 is 1.35 bits per heavy atom. The van der Waals surface area contributed by atoms with E-state index in [0.29, 0.717) is 6.04 Å². The van der Waals surface area contributed by atoms with Gasteiger partial charge < -0.3 is 14.5 Å². The Hall–Kier alpha value is -0.620. The lowest BCUT2D eigenvalue weighted by Crippen LogP contribution is -2.48. The van der Waals surface area contributed by atoms with Crippen molar-refractivity contribution in [2.24, 2.45) is 0 Å². The second kappa shape index (κ2) is 13.5. The van der Waals surface area contributed by atoms with Crippen LogP contribution in [0.25, 0.3) is 0 Å². The molecule has 0 fully saturated rings. The van der Waals surface area contributed by atoms with Crippen LogP contribution in [0.5, 0.6) is 5.75 Å². The molecule has 4 nitrogen and oxygen atoms in total. The van der Waals surface area contributed by atoms with Crippen LogP contribution >= 0.6 is 15.9 Å². The van der Waals surface area contributed by atoms with E-state index in [1.807, 2.05) is 24.3 Å². The predicted molar refractivity (Wildman–Crippen MR) is 116 cm³/mol. The third-order valence-electron chi connectivity index (χ3n) is 5.13. The van der Waals surface area contributed by atoms with Crippen molar-refractivity contribution in [3.63, 3.8) is 0 Å². The molecular weight excluding hydrogens is 390 g/mol. The molecule has 0 N–H and O–H groups in total. The van der Waals surface area contributed by atoms with Crippen molar-refractivity contribution in [3.05, 3.63) is 28.7 Å². The highest BCUT2D eigenvalue weighted by Crippen LogP contribution is 2.17. The van der Waals surface area contributed by atoms with Gasteiger partial charge in [0.25, 0.3) is 0 Å². The quantitative estimate of drug-likeness (QED) is 0.442. The van der Waals surface area contributed by atoms with Gasteiger partial charge in [-0.25, -0.2) is 0 Å². The van der Waals surface area contributed by atoms with E-state index in [-0.39, 0.29) is 0 Å². The van der Waals surface area contributed by atoms with E-state index in [0.717, 1.165) is 69.2 Å². The lowest BCUT2D eigenvalue weighted by atomic mass is 10.2. The van der Waals surface area contributed by atoms with Gasteiger partial charge >= 0.3 is 0 Å². The average Bonchev–Trinajstić information content (AvgIpc) is 2.67. The maximum Gasteiger partial charge on any atom is 0.119 e. The van der Waals surface area contributed by atoms with Crippen LogP contribution in [0.1, 0.15) is 34.6 Å². The lowest BCUT2D eigenvalue weighted by Gasteiger charge is -2.34. The number of nitrogens with zero attached hydrogens (tertiary/aromatic N) is 3. The summed E-state index contributed by atoms with van der Waals surface area (Å²) in [6.07, 6.45) is 0. The molecule has 1 atom stereocenters. The number of rotatable bonds is 14. The van der Waals surface area contributed by atoms with Crippen LogP contribution < -0.4 is 4.74 Å². The van der Waals surface area contributed by atoms with Gasteiger partial charge in [-0.1, -0.05) is 50.5 Å². The Morgan fingerprint density at radius 1 is 0.808 bits per heavy atom. The molecular formula is C21H38BrN3O. The van der Waals surface area contributed by atoms with Gasteiger partial charge in [0.1, 0.15) is 12.4 Å². The number of halogens is 1. The van der Waals surface area contributed by atoms with Crippen LogP contribution in [0.15, 0.2) is 28.7 Å². The molecule has 0 spiro atoms. The van der Waals surface area contributed by atoms with Crippen molar-refractivity contribution >= 4 is 15.9 Å². The Labute approximate surface area is 169 Å². The topological polar surface area (TPSA) is 19.0 Å². The summed E-state index contributed by atoms with van der Waals surface area (Å²) < 4.78 is 7.20. The van der Waals surface area contributed by atoms with Crippen molar-refractivity contribution in [2.75, 3.05) is 59.0 Å². The average molecular weight is 428 g/mol. The minimum absolute atomic E-state index is 0.408. The summed E-state index contributed by atoms with van der Waals surface area (Å²) in [5, 5.41) is 0. The molecule has 1 unspecified atom stereocenters. The number of hydrogen-bond acceptors (Lipinski definition) is 4. The van der Waals surface area contributed by atoms with E-state index in [1.54, 1.807) is 0 Å². The third-order valence-corrected chi connectivity index (χ3v) is 5.66. The molecule has 0 bridgehead atoms. The molecule has 0 saturated carbocycles. The summed E-state index contributed by atoms with van der Waals surface area (Å²) in [7, 11) is 0. The first-order chi connectivity index (χ1) is 12.6. The van der Waals surface area contributed by atoms with Gasteiger partial charge in [-0.15, -0.1) is 0 Å². The molecule has 0 heterocycles. The minimum atomic E-state index is 0.408. The summed E-state index contributed by atoms with van der Waals surface area (Å²) in [4.78, 5) is 7.57. The number of benzene rings is 1. The molecule has 0 amide bonds. The van der Waals surface area contributed by atoms with Crippen molar-refractivity contribution in [2.45, 2.75) is 40.7 Å². The second-order valence-electron chi connectivity index (χ2n) is 6.56. The molecule has 0 aliphatic heterocycles. The summed E-state index contributed by atoms with van der Waals surface area (Å²) in [5.41, 5.74) is 0. The van der Waals surface area contributed by atoms with E-state index < -0.39 is 0 Å². The van der Waals surface area contributed by atoms with Crippen molar-refractivity contribution in [1.29, 1.82) is 0 Å². The van der Waals surface area contributed by atoms with E-state index in [1.165, 1.54) is 0 Å². The zero-order chi connectivity index (χ0) is 19.4. The van der Waals surface area contributed by atoms with Crippen molar-refractivity contribution < 1.29 is 4.74 Å². The van der Waals surface area contributed by atoms with Gasteiger partial charge in [0.05, 0.1) is 6.04 Å². The molecule has 0 aromatic heterocycles. The Bertz CT molecular complexity index is 461. The maximum absolute atomic E-state index is 6.12. The first-order valence-electron chi connectivity index (χ1n) is 10.1. The van der Waals surface area contributed by atoms with Crippen LogP contribution in [0, 0.1) is 0 Å². The normalized spacial score (nSPS) is 13.0. The van der Waals surface area contributed by atoms with Gasteiger partial charge in [-0.3, -0.25) is 4.90 Å². The highest BCUT2D eigenvalue weighted by Gasteiger charge is 2.20. The Morgan fingerprint density at radius 3 is 1.85 bits per heavy atom. The standard InChI is InChI=1S/C21H38BrN3O/c1-6-23(7-2)15-16-24(8-3)17-20(25(9-4)10-5)18-26-21-13-11-19(22)12-14-21/h11-14,20H,6-10,15-18H2,1-5H3. The minimum Gasteiger partial charge on any atom is -0.492 e. The highest BCUT2D eigenvalue weighted by atomic mass is 79.9. The number of hydrogen-bond donors (Lipinski definition) is 0. The molecule has 5 heteroatoms. The zero-order valence-corrected chi connectivity index (χ0v) is 19.0. The van der Waals surface area contributed by atoms with Crippen LogP contribution in [0.3, 0.4) is 0 Å². The molecule has 26 heavy (non-hydrogen) atoms. The largest absolute Gasteiger partial charge is 0.492 e. The third kappa shape index (κ3) is 8.38. The molecule has 150 valence electrons. The summed E-state index contributed by atoms with van der Waals surface area (Å²) in [6.45, 7) is 20.7. The lowest BCUT2D eigenvalue weighted by molar-refractivity contribution is 0.100. The predicted octanol–water partition coefficient (Wildman–Crippen LogP) is 4.20. The Kier molecular flexibility index (Phi) is 12.2. The van der Waals surface area contributed by atoms with Gasteiger partial charge in [0, 0.05) is 24.1 Å². The fourth-order valence-electron chi connectivity index (χ4n) is 3.24. The molecule has 1 rings (SSSR count). The van der Waals surface area contributed by atoms with Gasteiger partial charge in [0.15, 0.2) is 0 Å². The first-order valence-corrected chi connectivity index (χ1v) is 10.9. The van der Waals surface area contributed by atoms with Crippen LogP contribution in [0.4, 0.5) is 0 Å². The summed E-state index contributed by atoms with van der Waals surface area (Å²) in [6, 6.07) is 8.53. The monoisotopic (exact) mass is 427 g/mol. The molecule has 0 aliphatic carbocycles. The summed E-state index contributed by atoms with van der Waals surface area (Å²) in [5.74, 6) is 0.941. The van der Waals surface area contributed by atoms with Gasteiger partial charge in [0.2, 0.25) is 0 Å². The van der Waals surface area contributed by atoms with E-state index in [2.05, 4.69) is 65.2 Å². The molecule has 1 aromatic rings. The SMILES string of the molecule is CCN(CC)CCN(CC)CC(COc1ccc(Br)cc1)N(CC)CC. The molecule has 0 aliphatic rings. The van der Waals surface area contributed by atoms with Gasteiger partial charge in [-0.2, -0.15) is 0 Å². The second-order valence-corrected chi connectivity index (χ2v) is 7.48. The van der Waals surface area contributed by atoms with Crippen molar-refractivity contribution in [3.8, 4) is 5.75 Å². The smallest absolute Gasteiger partial charge is 0.119 e.